The molecule has 2 heterocycles. The van der Waals surface area contributed by atoms with E-state index in [0.717, 1.165) is 16.6 Å². The minimum atomic E-state index is -0.478. The van der Waals surface area contributed by atoms with Gasteiger partial charge in [0.05, 0.1) is 16.1 Å². The van der Waals surface area contributed by atoms with Crippen molar-refractivity contribution in [3.05, 3.63) is 71.1 Å². The summed E-state index contributed by atoms with van der Waals surface area (Å²) in [6.07, 6.45) is 1.44. The van der Waals surface area contributed by atoms with Crippen LogP contribution in [0.3, 0.4) is 0 Å². The van der Waals surface area contributed by atoms with Gasteiger partial charge in [-0.1, -0.05) is 17.7 Å². The molecule has 0 saturated heterocycles. The van der Waals surface area contributed by atoms with Crippen LogP contribution in [0.25, 0.3) is 11.0 Å². The molecule has 0 aliphatic rings. The van der Waals surface area contributed by atoms with Gasteiger partial charge in [0, 0.05) is 31.5 Å². The quantitative estimate of drug-likeness (QED) is 0.475. The van der Waals surface area contributed by atoms with Crippen LogP contribution in [0.5, 0.6) is 11.6 Å². The summed E-state index contributed by atoms with van der Waals surface area (Å²) in [5.41, 5.74) is 9.02. The molecule has 0 aliphatic carbocycles. The number of imidazole rings is 1. The highest BCUT2D eigenvalue weighted by Crippen LogP contribution is 2.25. The van der Waals surface area contributed by atoms with E-state index >= 15 is 0 Å². The lowest BCUT2D eigenvalue weighted by Crippen LogP contribution is -2.05. The average molecular weight is 398 g/mol. The second kappa shape index (κ2) is 7.36. The summed E-state index contributed by atoms with van der Waals surface area (Å²) in [6, 6.07) is 13.5. The molecule has 8 heteroatoms. The fourth-order valence-corrected chi connectivity index (χ4v) is 2.93. The summed E-state index contributed by atoms with van der Waals surface area (Å²) in [5, 5.41) is 3.70. The molecule has 0 spiro atoms. The SMILES string of the molecule is Cn1c(NCc2ccc(Oc3ccc(Cl)cn3)c(F)c2)nc2ccc(N)cc21. The van der Waals surface area contributed by atoms with Crippen LogP contribution < -0.4 is 15.8 Å². The van der Waals surface area contributed by atoms with Gasteiger partial charge in [-0.15, -0.1) is 0 Å². The smallest absolute Gasteiger partial charge is 0.219 e. The predicted octanol–water partition coefficient (Wildman–Crippen LogP) is 4.75. The van der Waals surface area contributed by atoms with Gasteiger partial charge in [-0.3, -0.25) is 0 Å². The Hall–Kier alpha value is -3.32. The second-order valence-electron chi connectivity index (χ2n) is 6.28. The third-order valence-corrected chi connectivity index (χ3v) is 4.49. The first-order valence-electron chi connectivity index (χ1n) is 8.53. The number of benzene rings is 2. The maximum absolute atomic E-state index is 14.4. The third-order valence-electron chi connectivity index (χ3n) is 4.27. The monoisotopic (exact) mass is 397 g/mol. The van der Waals surface area contributed by atoms with Crippen LogP contribution in [0, 0.1) is 5.82 Å². The van der Waals surface area contributed by atoms with E-state index in [9.17, 15) is 4.39 Å². The van der Waals surface area contributed by atoms with Crippen molar-refractivity contribution < 1.29 is 9.13 Å². The van der Waals surface area contributed by atoms with Gasteiger partial charge in [-0.2, -0.15) is 0 Å². The van der Waals surface area contributed by atoms with E-state index in [-0.39, 0.29) is 11.6 Å². The average Bonchev–Trinajstić information content (AvgIpc) is 2.99. The van der Waals surface area contributed by atoms with Crippen LogP contribution in [-0.2, 0) is 13.6 Å². The molecule has 2 aromatic heterocycles. The largest absolute Gasteiger partial charge is 0.436 e. The maximum atomic E-state index is 14.4. The van der Waals surface area contributed by atoms with Crippen molar-refractivity contribution in [3.8, 4) is 11.6 Å². The fraction of sp³-hybridized carbons (Fsp3) is 0.100. The molecule has 0 amide bonds. The van der Waals surface area contributed by atoms with Crippen LogP contribution >= 0.6 is 11.6 Å². The van der Waals surface area contributed by atoms with Gasteiger partial charge in [0.15, 0.2) is 11.6 Å². The first-order valence-corrected chi connectivity index (χ1v) is 8.91. The fourth-order valence-electron chi connectivity index (χ4n) is 2.82. The van der Waals surface area contributed by atoms with E-state index in [4.69, 9.17) is 22.1 Å². The molecule has 0 radical (unpaired) electrons. The molecule has 6 nitrogen and oxygen atoms in total. The number of fused-ring (bicyclic) bond motifs is 1. The summed E-state index contributed by atoms with van der Waals surface area (Å²) in [5.74, 6) is 0.561. The molecule has 4 rings (SSSR count). The number of nitrogens with one attached hydrogen (secondary N) is 1. The van der Waals surface area contributed by atoms with Gasteiger partial charge >= 0.3 is 0 Å². The minimum absolute atomic E-state index is 0.0942. The van der Waals surface area contributed by atoms with Crippen molar-refractivity contribution >= 4 is 34.3 Å². The van der Waals surface area contributed by atoms with E-state index in [2.05, 4.69) is 15.3 Å². The molecule has 0 saturated carbocycles. The van der Waals surface area contributed by atoms with Crippen molar-refractivity contribution in [1.82, 2.24) is 14.5 Å². The van der Waals surface area contributed by atoms with Crippen LogP contribution in [0.4, 0.5) is 16.0 Å². The molecule has 0 unspecified atom stereocenters. The second-order valence-corrected chi connectivity index (χ2v) is 6.71. The Balaban J connectivity index is 1.48. The molecule has 0 fully saturated rings. The zero-order valence-corrected chi connectivity index (χ0v) is 15.7. The number of anilines is 2. The van der Waals surface area contributed by atoms with Crippen LogP contribution in [0.15, 0.2) is 54.7 Å². The number of ether oxygens (including phenoxy) is 1. The molecule has 2 aromatic carbocycles. The molecule has 3 N–H and O–H groups in total. The molecule has 142 valence electrons. The van der Waals surface area contributed by atoms with Gasteiger partial charge in [0.2, 0.25) is 11.8 Å². The first-order chi connectivity index (χ1) is 13.5. The lowest BCUT2D eigenvalue weighted by molar-refractivity contribution is 0.427. The normalized spacial score (nSPS) is 11.0. The lowest BCUT2D eigenvalue weighted by atomic mass is 10.2. The van der Waals surface area contributed by atoms with Crippen molar-refractivity contribution in [2.75, 3.05) is 11.1 Å². The van der Waals surface area contributed by atoms with E-state index in [1.165, 1.54) is 12.3 Å². The number of hydrogen-bond donors (Lipinski definition) is 2. The molecule has 0 bridgehead atoms. The highest BCUT2D eigenvalue weighted by atomic mass is 35.5. The Morgan fingerprint density at radius 3 is 2.79 bits per heavy atom. The molecule has 0 aliphatic heterocycles. The topological polar surface area (TPSA) is 78.0 Å². The Bertz CT molecular complexity index is 1140. The number of nitrogens with zero attached hydrogens (tertiary/aromatic N) is 3. The zero-order valence-electron chi connectivity index (χ0n) is 15.0. The van der Waals surface area contributed by atoms with Crippen LogP contribution in [-0.4, -0.2) is 14.5 Å². The van der Waals surface area contributed by atoms with Gasteiger partial charge in [-0.25, -0.2) is 14.4 Å². The number of pyridine rings is 1. The summed E-state index contributed by atoms with van der Waals surface area (Å²) in [4.78, 5) is 8.53. The first kappa shape index (κ1) is 18.1. The summed E-state index contributed by atoms with van der Waals surface area (Å²) >= 11 is 5.78. The molecular formula is C20H17ClFN5O. The summed E-state index contributed by atoms with van der Waals surface area (Å²) < 4.78 is 21.8. The van der Waals surface area contributed by atoms with Crippen LogP contribution in [0.1, 0.15) is 5.56 Å². The summed E-state index contributed by atoms with van der Waals surface area (Å²) in [7, 11) is 1.90. The number of rotatable bonds is 5. The number of aryl methyl sites for hydroxylation is 1. The van der Waals surface area contributed by atoms with E-state index < -0.39 is 5.82 Å². The van der Waals surface area contributed by atoms with Crippen molar-refractivity contribution in [1.29, 1.82) is 0 Å². The molecular weight excluding hydrogens is 381 g/mol. The summed E-state index contributed by atoms with van der Waals surface area (Å²) in [6.45, 7) is 0.406. The van der Waals surface area contributed by atoms with Crippen molar-refractivity contribution in [2.45, 2.75) is 6.54 Å². The third kappa shape index (κ3) is 3.70. The van der Waals surface area contributed by atoms with E-state index in [1.807, 2.05) is 29.8 Å². The van der Waals surface area contributed by atoms with E-state index in [1.54, 1.807) is 24.3 Å². The van der Waals surface area contributed by atoms with Crippen molar-refractivity contribution in [3.63, 3.8) is 0 Å². The number of aromatic nitrogens is 3. The number of nitrogen functional groups attached to an aromatic ring is 1. The van der Waals surface area contributed by atoms with Gasteiger partial charge in [0.1, 0.15) is 0 Å². The Morgan fingerprint density at radius 2 is 2.04 bits per heavy atom. The molecule has 0 atom stereocenters. The van der Waals surface area contributed by atoms with Crippen LogP contribution in [0.2, 0.25) is 5.02 Å². The standard InChI is InChI=1S/C20H17ClFN5O/c1-27-17-9-14(23)4-5-16(17)26-20(27)25-10-12-2-6-18(15(22)8-12)28-19-7-3-13(21)11-24-19/h2-9,11H,10,23H2,1H3,(H,25,26). The number of nitrogens with two attached hydrogens (primary N) is 1. The Labute approximate surface area is 165 Å². The Kier molecular flexibility index (Phi) is 4.75. The highest BCUT2D eigenvalue weighted by molar-refractivity contribution is 6.30. The van der Waals surface area contributed by atoms with Crippen molar-refractivity contribution in [2.24, 2.45) is 7.05 Å². The zero-order chi connectivity index (χ0) is 19.7. The van der Waals surface area contributed by atoms with Gasteiger partial charge in [0.25, 0.3) is 0 Å². The molecule has 28 heavy (non-hydrogen) atoms. The minimum Gasteiger partial charge on any atom is -0.436 e. The maximum Gasteiger partial charge on any atom is 0.219 e. The number of halogens is 2. The number of hydrogen-bond acceptors (Lipinski definition) is 5. The predicted molar refractivity (Wildman–Crippen MR) is 108 cm³/mol. The Morgan fingerprint density at radius 1 is 1.18 bits per heavy atom. The molecule has 4 aromatic rings. The van der Waals surface area contributed by atoms with Gasteiger partial charge in [-0.05, 0) is 42.0 Å². The highest BCUT2D eigenvalue weighted by Gasteiger charge is 2.10. The van der Waals surface area contributed by atoms with E-state index in [0.29, 0.717) is 23.2 Å². The van der Waals surface area contributed by atoms with Gasteiger partial charge < -0.3 is 20.4 Å². The lowest BCUT2D eigenvalue weighted by Gasteiger charge is -2.09.